The molecule has 20 heavy (non-hydrogen) atoms. The Kier molecular flexibility index (Phi) is 4.13. The van der Waals surface area contributed by atoms with Gasteiger partial charge in [-0.1, -0.05) is 31.2 Å². The van der Waals surface area contributed by atoms with Gasteiger partial charge in [0.25, 0.3) is 0 Å². The van der Waals surface area contributed by atoms with Crippen molar-refractivity contribution in [1.82, 2.24) is 10.2 Å². The summed E-state index contributed by atoms with van der Waals surface area (Å²) in [4.78, 5) is 2.79. The van der Waals surface area contributed by atoms with Crippen LogP contribution in [0.1, 0.15) is 37.8 Å². The lowest BCUT2D eigenvalue weighted by atomic mass is 9.82. The highest BCUT2D eigenvalue weighted by Gasteiger charge is 2.36. The molecule has 1 aliphatic heterocycles. The Morgan fingerprint density at radius 3 is 2.60 bits per heavy atom. The summed E-state index contributed by atoms with van der Waals surface area (Å²) in [5.74, 6) is 0.742. The van der Waals surface area contributed by atoms with Gasteiger partial charge < -0.3 is 5.32 Å². The van der Waals surface area contributed by atoms with Crippen LogP contribution in [0.5, 0.6) is 0 Å². The van der Waals surface area contributed by atoms with Crippen molar-refractivity contribution in [3.8, 4) is 0 Å². The summed E-state index contributed by atoms with van der Waals surface area (Å²) in [6.07, 6.45) is 5.13. The minimum Gasteiger partial charge on any atom is -0.317 e. The van der Waals surface area contributed by atoms with Crippen molar-refractivity contribution in [3.05, 3.63) is 35.4 Å². The van der Waals surface area contributed by atoms with E-state index in [-0.39, 0.29) is 0 Å². The molecule has 110 valence electrons. The average molecular weight is 272 g/mol. The Labute approximate surface area is 123 Å². The van der Waals surface area contributed by atoms with E-state index in [4.69, 9.17) is 0 Å². The van der Waals surface area contributed by atoms with Crippen molar-refractivity contribution in [3.63, 3.8) is 0 Å². The number of likely N-dealkylation sites (tertiary alicyclic amines) is 1. The molecule has 2 aliphatic rings. The lowest BCUT2D eigenvalue weighted by molar-refractivity contribution is 0.0430. The molecule has 3 rings (SSSR count). The standard InChI is InChI=1S/C18H28N2/c1-13-14(2)20(11-10-18(13)19-3)17-9-8-15-6-4-5-7-16(15)12-17/h4-7,13-14,17-19H,8-12H2,1-3H3. The van der Waals surface area contributed by atoms with E-state index in [1.165, 1.54) is 32.2 Å². The molecule has 4 unspecified atom stereocenters. The number of rotatable bonds is 2. The summed E-state index contributed by atoms with van der Waals surface area (Å²) in [7, 11) is 2.11. The van der Waals surface area contributed by atoms with Crippen LogP contribution in [0, 0.1) is 5.92 Å². The highest BCUT2D eigenvalue weighted by molar-refractivity contribution is 5.30. The first-order chi connectivity index (χ1) is 9.70. The van der Waals surface area contributed by atoms with E-state index in [2.05, 4.69) is 55.4 Å². The molecule has 1 heterocycles. The van der Waals surface area contributed by atoms with Crippen LogP contribution >= 0.6 is 0 Å². The predicted octanol–water partition coefficient (Wildman–Crippen LogP) is 2.86. The van der Waals surface area contributed by atoms with Crippen molar-refractivity contribution < 1.29 is 0 Å². The molecule has 0 spiro atoms. The number of hydrogen-bond acceptors (Lipinski definition) is 2. The molecular weight excluding hydrogens is 244 g/mol. The van der Waals surface area contributed by atoms with Crippen molar-refractivity contribution in [2.24, 2.45) is 5.92 Å². The summed E-state index contributed by atoms with van der Waals surface area (Å²) in [5.41, 5.74) is 3.16. The molecule has 2 nitrogen and oxygen atoms in total. The molecule has 4 atom stereocenters. The van der Waals surface area contributed by atoms with E-state index in [1.807, 2.05) is 0 Å². The smallest absolute Gasteiger partial charge is 0.0142 e. The lowest BCUT2D eigenvalue weighted by Crippen LogP contribution is -2.56. The van der Waals surface area contributed by atoms with Gasteiger partial charge in [-0.05, 0) is 56.7 Å². The minimum absolute atomic E-state index is 0.691. The summed E-state index contributed by atoms with van der Waals surface area (Å²) in [6.45, 7) is 6.09. The molecule has 0 radical (unpaired) electrons. The summed E-state index contributed by atoms with van der Waals surface area (Å²) in [6, 6.07) is 11.2. The van der Waals surface area contributed by atoms with Crippen molar-refractivity contribution in [2.75, 3.05) is 13.6 Å². The number of aryl methyl sites for hydroxylation is 1. The van der Waals surface area contributed by atoms with Crippen LogP contribution in [0.3, 0.4) is 0 Å². The normalized spacial score (nSPS) is 34.8. The van der Waals surface area contributed by atoms with Gasteiger partial charge in [-0.3, -0.25) is 4.90 Å². The van der Waals surface area contributed by atoms with E-state index in [0.717, 1.165) is 12.0 Å². The first-order valence-corrected chi connectivity index (χ1v) is 8.20. The van der Waals surface area contributed by atoms with Crippen LogP contribution in [-0.4, -0.2) is 36.6 Å². The molecule has 1 aromatic carbocycles. The van der Waals surface area contributed by atoms with E-state index in [1.54, 1.807) is 11.1 Å². The van der Waals surface area contributed by atoms with Gasteiger partial charge in [-0.2, -0.15) is 0 Å². The van der Waals surface area contributed by atoms with Gasteiger partial charge in [0.2, 0.25) is 0 Å². The first kappa shape index (κ1) is 14.1. The second-order valence-corrected chi connectivity index (χ2v) is 6.69. The molecule has 0 saturated carbocycles. The zero-order chi connectivity index (χ0) is 14.1. The zero-order valence-corrected chi connectivity index (χ0v) is 13.1. The third-order valence-electron chi connectivity index (χ3n) is 5.78. The lowest BCUT2D eigenvalue weighted by Gasteiger charge is -2.47. The van der Waals surface area contributed by atoms with Crippen molar-refractivity contribution in [1.29, 1.82) is 0 Å². The SMILES string of the molecule is CNC1CCN(C2CCc3ccccc3C2)C(C)C1C. The number of nitrogens with one attached hydrogen (secondary N) is 1. The van der Waals surface area contributed by atoms with Gasteiger partial charge in [0, 0.05) is 24.7 Å². The van der Waals surface area contributed by atoms with Crippen LogP contribution in [0.15, 0.2) is 24.3 Å². The van der Waals surface area contributed by atoms with Gasteiger partial charge in [0.1, 0.15) is 0 Å². The fourth-order valence-electron chi connectivity index (χ4n) is 4.28. The number of nitrogens with zero attached hydrogens (tertiary/aromatic N) is 1. The van der Waals surface area contributed by atoms with Crippen LogP contribution in [0.2, 0.25) is 0 Å². The number of piperidine rings is 1. The second kappa shape index (κ2) is 5.87. The fraction of sp³-hybridized carbons (Fsp3) is 0.667. The third-order valence-corrected chi connectivity index (χ3v) is 5.78. The molecule has 1 saturated heterocycles. The van der Waals surface area contributed by atoms with Crippen LogP contribution in [0.4, 0.5) is 0 Å². The maximum Gasteiger partial charge on any atom is 0.0142 e. The Balaban J connectivity index is 1.72. The van der Waals surface area contributed by atoms with Crippen molar-refractivity contribution >= 4 is 0 Å². The molecule has 0 bridgehead atoms. The molecule has 0 amide bonds. The number of fused-ring (bicyclic) bond motifs is 1. The minimum atomic E-state index is 0.691. The van der Waals surface area contributed by atoms with Crippen LogP contribution in [0.25, 0.3) is 0 Å². The number of hydrogen-bond donors (Lipinski definition) is 1. The number of benzene rings is 1. The topological polar surface area (TPSA) is 15.3 Å². The predicted molar refractivity (Wildman–Crippen MR) is 85.1 cm³/mol. The highest BCUT2D eigenvalue weighted by atomic mass is 15.2. The summed E-state index contributed by atoms with van der Waals surface area (Å²) < 4.78 is 0. The maximum absolute atomic E-state index is 3.50. The highest BCUT2D eigenvalue weighted by Crippen LogP contribution is 2.31. The fourth-order valence-corrected chi connectivity index (χ4v) is 4.28. The zero-order valence-electron chi connectivity index (χ0n) is 13.1. The average Bonchev–Trinajstić information content (AvgIpc) is 2.49. The Morgan fingerprint density at radius 2 is 1.85 bits per heavy atom. The van der Waals surface area contributed by atoms with Crippen molar-refractivity contribution in [2.45, 2.75) is 57.7 Å². The van der Waals surface area contributed by atoms with Gasteiger partial charge >= 0.3 is 0 Å². The van der Waals surface area contributed by atoms with Gasteiger partial charge in [-0.25, -0.2) is 0 Å². The monoisotopic (exact) mass is 272 g/mol. The van der Waals surface area contributed by atoms with Crippen LogP contribution in [-0.2, 0) is 12.8 Å². The third kappa shape index (κ3) is 2.51. The Morgan fingerprint density at radius 1 is 1.10 bits per heavy atom. The largest absolute Gasteiger partial charge is 0.317 e. The second-order valence-electron chi connectivity index (χ2n) is 6.69. The molecule has 1 fully saturated rings. The Hall–Kier alpha value is -0.860. The summed E-state index contributed by atoms with van der Waals surface area (Å²) in [5, 5.41) is 3.50. The van der Waals surface area contributed by atoms with E-state index in [9.17, 15) is 0 Å². The van der Waals surface area contributed by atoms with E-state index >= 15 is 0 Å². The molecule has 1 N–H and O–H groups in total. The van der Waals surface area contributed by atoms with E-state index in [0.29, 0.717) is 12.1 Å². The van der Waals surface area contributed by atoms with E-state index < -0.39 is 0 Å². The summed E-state index contributed by atoms with van der Waals surface area (Å²) >= 11 is 0. The van der Waals surface area contributed by atoms with Gasteiger partial charge in [-0.15, -0.1) is 0 Å². The molecule has 1 aliphatic carbocycles. The molecule has 1 aromatic rings. The maximum atomic E-state index is 3.50. The molecular formula is C18H28N2. The first-order valence-electron chi connectivity index (χ1n) is 8.20. The van der Waals surface area contributed by atoms with Gasteiger partial charge in [0.15, 0.2) is 0 Å². The van der Waals surface area contributed by atoms with Gasteiger partial charge in [0.05, 0.1) is 0 Å². The van der Waals surface area contributed by atoms with Crippen LogP contribution < -0.4 is 5.32 Å². The quantitative estimate of drug-likeness (QED) is 0.890. The Bertz CT molecular complexity index is 456. The molecule has 2 heteroatoms. The molecule has 0 aromatic heterocycles.